The molecule has 0 atom stereocenters. The van der Waals surface area contributed by atoms with Crippen LogP contribution in [0.15, 0.2) is 48.5 Å². The van der Waals surface area contributed by atoms with Gasteiger partial charge in [0, 0.05) is 28.0 Å². The highest BCUT2D eigenvalue weighted by Gasteiger charge is 2.11. The van der Waals surface area contributed by atoms with Gasteiger partial charge >= 0.3 is 0 Å². The fraction of sp³-hybridized carbons (Fsp3) is 0.143. The van der Waals surface area contributed by atoms with Gasteiger partial charge in [0.2, 0.25) is 9.04 Å². The van der Waals surface area contributed by atoms with Crippen molar-refractivity contribution in [3.8, 4) is 0 Å². The van der Waals surface area contributed by atoms with Gasteiger partial charge in [-0.2, -0.15) is 0 Å². The third kappa shape index (κ3) is 1.68. The average molecular weight is 240 g/mol. The lowest BCUT2D eigenvalue weighted by Gasteiger charge is -2.07. The molecule has 0 spiro atoms. The van der Waals surface area contributed by atoms with Gasteiger partial charge in [-0.3, -0.25) is 0 Å². The Kier molecular flexibility index (Phi) is 2.50. The topological polar surface area (TPSA) is 25.2 Å². The normalized spacial score (nSPS) is 11.7. The number of hydrogen-bond acceptors (Lipinski definition) is 1. The quantitative estimate of drug-likeness (QED) is 0.685. The molecule has 0 aliphatic carbocycles. The van der Waals surface area contributed by atoms with E-state index in [4.69, 9.17) is 0 Å². The molecule has 0 unspecified atom stereocenters. The molecule has 1 radical (unpaired) electrons. The fourth-order valence-electron chi connectivity index (χ4n) is 2.40. The molecule has 0 aliphatic rings. The van der Waals surface area contributed by atoms with Crippen LogP contribution in [0.4, 0.5) is 0 Å². The van der Waals surface area contributed by atoms with Crippen LogP contribution in [-0.4, -0.2) is 18.4 Å². The SMILES string of the molecule is C[Si](O)Cn1c2ccccc2c2ccccc21. The second-order valence-electron chi connectivity index (χ2n) is 4.36. The highest BCUT2D eigenvalue weighted by molar-refractivity contribution is 6.47. The molecular formula is C14H14NOSi. The molecule has 2 nitrogen and oxygen atoms in total. The summed E-state index contributed by atoms with van der Waals surface area (Å²) >= 11 is 0. The van der Waals surface area contributed by atoms with Crippen LogP contribution in [0.25, 0.3) is 21.8 Å². The Morgan fingerprint density at radius 1 is 0.941 bits per heavy atom. The lowest BCUT2D eigenvalue weighted by molar-refractivity contribution is 0.563. The van der Waals surface area contributed by atoms with E-state index in [1.54, 1.807) is 0 Å². The summed E-state index contributed by atoms with van der Waals surface area (Å²) in [6, 6.07) is 16.8. The summed E-state index contributed by atoms with van der Waals surface area (Å²) in [5.41, 5.74) is 2.43. The van der Waals surface area contributed by atoms with E-state index in [1.165, 1.54) is 21.8 Å². The Balaban J connectivity index is 2.41. The first kappa shape index (κ1) is 10.6. The minimum atomic E-state index is -1.27. The molecule has 3 rings (SSSR count). The van der Waals surface area contributed by atoms with Crippen molar-refractivity contribution in [2.45, 2.75) is 12.7 Å². The molecule has 1 heterocycles. The molecule has 3 heteroatoms. The van der Waals surface area contributed by atoms with Crippen molar-refractivity contribution in [3.05, 3.63) is 48.5 Å². The molecule has 0 saturated carbocycles. The van der Waals surface area contributed by atoms with E-state index < -0.39 is 9.04 Å². The minimum absolute atomic E-state index is 0.735. The number of rotatable bonds is 2. The number of para-hydroxylation sites is 2. The predicted molar refractivity (Wildman–Crippen MR) is 73.3 cm³/mol. The molecule has 1 aromatic heterocycles. The summed E-state index contributed by atoms with van der Waals surface area (Å²) in [5, 5.41) is 2.54. The van der Waals surface area contributed by atoms with Crippen LogP contribution in [0.5, 0.6) is 0 Å². The Morgan fingerprint density at radius 2 is 1.41 bits per heavy atom. The minimum Gasteiger partial charge on any atom is -0.430 e. The number of nitrogens with zero attached hydrogens (tertiary/aromatic N) is 1. The van der Waals surface area contributed by atoms with Gasteiger partial charge in [-0.05, 0) is 18.7 Å². The highest BCUT2D eigenvalue weighted by atomic mass is 28.3. The zero-order valence-electron chi connectivity index (χ0n) is 9.72. The van der Waals surface area contributed by atoms with Crippen molar-refractivity contribution in [3.63, 3.8) is 0 Å². The summed E-state index contributed by atoms with van der Waals surface area (Å²) in [6.07, 6.45) is 0.735. The Bertz CT molecular complexity index is 619. The molecule has 0 fully saturated rings. The molecule has 0 aliphatic heterocycles. The van der Waals surface area contributed by atoms with Gasteiger partial charge in [0.1, 0.15) is 0 Å². The molecule has 0 saturated heterocycles. The lowest BCUT2D eigenvalue weighted by Crippen LogP contribution is -2.16. The first-order valence-corrected chi connectivity index (χ1v) is 7.90. The highest BCUT2D eigenvalue weighted by Crippen LogP contribution is 2.28. The van der Waals surface area contributed by atoms with E-state index in [-0.39, 0.29) is 0 Å². The van der Waals surface area contributed by atoms with Gasteiger partial charge in [0.05, 0.1) is 0 Å². The van der Waals surface area contributed by atoms with Crippen molar-refractivity contribution in [2.24, 2.45) is 0 Å². The van der Waals surface area contributed by atoms with Crippen molar-refractivity contribution < 1.29 is 4.80 Å². The van der Waals surface area contributed by atoms with Gasteiger partial charge in [0.15, 0.2) is 0 Å². The van der Waals surface area contributed by atoms with Crippen LogP contribution in [0.3, 0.4) is 0 Å². The van der Waals surface area contributed by atoms with E-state index in [2.05, 4.69) is 53.1 Å². The number of hydrogen-bond donors (Lipinski definition) is 1. The van der Waals surface area contributed by atoms with Gasteiger partial charge in [-0.15, -0.1) is 0 Å². The Morgan fingerprint density at radius 3 is 1.88 bits per heavy atom. The van der Waals surface area contributed by atoms with E-state index in [0.29, 0.717) is 0 Å². The van der Waals surface area contributed by atoms with Gasteiger partial charge < -0.3 is 9.36 Å². The Hall–Kier alpha value is -1.58. The smallest absolute Gasteiger partial charge is 0.224 e. The number of fused-ring (bicyclic) bond motifs is 3. The van der Waals surface area contributed by atoms with Crippen molar-refractivity contribution in [2.75, 3.05) is 0 Å². The van der Waals surface area contributed by atoms with Crippen molar-refractivity contribution >= 4 is 30.8 Å². The molecule has 2 aromatic carbocycles. The van der Waals surface area contributed by atoms with Crippen LogP contribution >= 0.6 is 0 Å². The van der Waals surface area contributed by atoms with Crippen LogP contribution in [-0.2, 0) is 6.17 Å². The summed E-state index contributed by atoms with van der Waals surface area (Å²) < 4.78 is 2.24. The largest absolute Gasteiger partial charge is 0.430 e. The first-order chi connectivity index (χ1) is 8.27. The van der Waals surface area contributed by atoms with Crippen LogP contribution in [0, 0.1) is 0 Å². The summed E-state index contributed by atoms with van der Waals surface area (Å²) in [4.78, 5) is 9.72. The monoisotopic (exact) mass is 240 g/mol. The molecule has 85 valence electrons. The van der Waals surface area contributed by atoms with Gasteiger partial charge in [-0.1, -0.05) is 36.4 Å². The maximum absolute atomic E-state index is 9.72. The second kappa shape index (κ2) is 4.02. The number of benzene rings is 2. The molecule has 0 amide bonds. The predicted octanol–water partition coefficient (Wildman–Crippen LogP) is 2.95. The molecule has 3 aromatic rings. The standard InChI is InChI=1S/C14H14NOSi/c1-17(16)10-15-13-8-4-2-6-11(13)12-7-3-5-9-14(12)15/h2-9,16H,10H2,1H3. The first-order valence-electron chi connectivity index (χ1n) is 5.75. The third-order valence-electron chi connectivity index (χ3n) is 3.07. The maximum atomic E-state index is 9.72. The van der Waals surface area contributed by atoms with E-state index in [0.717, 1.165) is 6.17 Å². The van der Waals surface area contributed by atoms with Gasteiger partial charge in [0.25, 0.3) is 0 Å². The molecule has 17 heavy (non-hydrogen) atoms. The summed E-state index contributed by atoms with van der Waals surface area (Å²) in [7, 11) is -1.27. The third-order valence-corrected chi connectivity index (χ3v) is 3.84. The lowest BCUT2D eigenvalue weighted by atomic mass is 10.2. The van der Waals surface area contributed by atoms with Crippen LogP contribution < -0.4 is 0 Å². The van der Waals surface area contributed by atoms with Crippen molar-refractivity contribution in [1.29, 1.82) is 0 Å². The summed E-state index contributed by atoms with van der Waals surface area (Å²) in [5.74, 6) is 0. The Labute approximate surface area is 102 Å². The fourth-order valence-corrected chi connectivity index (χ4v) is 3.20. The van der Waals surface area contributed by atoms with Crippen molar-refractivity contribution in [1.82, 2.24) is 4.57 Å². The van der Waals surface area contributed by atoms with Crippen LogP contribution in [0.1, 0.15) is 0 Å². The van der Waals surface area contributed by atoms with E-state index in [1.807, 2.05) is 6.55 Å². The molecule has 0 bridgehead atoms. The number of aromatic nitrogens is 1. The zero-order valence-corrected chi connectivity index (χ0v) is 10.7. The second-order valence-corrected chi connectivity index (χ2v) is 6.14. The van der Waals surface area contributed by atoms with E-state index >= 15 is 0 Å². The van der Waals surface area contributed by atoms with Gasteiger partial charge in [-0.25, -0.2) is 0 Å². The summed E-state index contributed by atoms with van der Waals surface area (Å²) in [6.45, 7) is 1.92. The zero-order chi connectivity index (χ0) is 11.8. The van der Waals surface area contributed by atoms with E-state index in [9.17, 15) is 4.80 Å². The maximum Gasteiger partial charge on any atom is 0.224 e. The molecule has 1 N–H and O–H groups in total. The average Bonchev–Trinajstić information content (AvgIpc) is 2.65. The molecular weight excluding hydrogens is 226 g/mol. The van der Waals surface area contributed by atoms with Crippen LogP contribution in [0.2, 0.25) is 6.55 Å².